The van der Waals surface area contributed by atoms with Crippen LogP contribution in [0.2, 0.25) is 10.0 Å². The molecule has 0 radical (unpaired) electrons. The Morgan fingerprint density at radius 3 is 2.40 bits per heavy atom. The maximum absolute atomic E-state index is 13.6. The summed E-state index contributed by atoms with van der Waals surface area (Å²) < 4.78 is 18.6. The molecular weight excluding hydrogens is 308 g/mol. The van der Waals surface area contributed by atoms with Crippen molar-refractivity contribution in [1.29, 1.82) is 0 Å². The number of carbonyl (C=O) groups is 1. The zero-order valence-corrected chi connectivity index (χ0v) is 11.7. The minimum atomic E-state index is -0.906. The standard InChI is InChI=1S/C13H9Cl2FNO3/c1-20-13(18)10-5-12(17(19)6-11(10)16)7-2-8(14)4-9(15)3-7/h2-6,19H,1H3/q+1. The Labute approximate surface area is 123 Å². The molecule has 4 nitrogen and oxygen atoms in total. The second-order valence-corrected chi connectivity index (χ2v) is 4.79. The quantitative estimate of drug-likeness (QED) is 0.526. The van der Waals surface area contributed by atoms with Gasteiger partial charge in [0, 0.05) is 20.8 Å². The van der Waals surface area contributed by atoms with Gasteiger partial charge in [0.15, 0.2) is 0 Å². The number of nitrogens with zero attached hydrogens (tertiary/aromatic N) is 1. The number of benzene rings is 1. The molecule has 20 heavy (non-hydrogen) atoms. The van der Waals surface area contributed by atoms with Gasteiger partial charge in [-0.3, -0.25) is 5.21 Å². The molecule has 104 valence electrons. The maximum Gasteiger partial charge on any atom is 0.341 e. The highest BCUT2D eigenvalue weighted by Crippen LogP contribution is 2.26. The van der Waals surface area contributed by atoms with Crippen molar-refractivity contribution in [2.45, 2.75) is 0 Å². The number of carbonyl (C=O) groups excluding carboxylic acids is 1. The van der Waals surface area contributed by atoms with Crippen molar-refractivity contribution < 1.29 is 23.9 Å². The molecule has 0 fully saturated rings. The molecule has 1 aromatic carbocycles. The minimum Gasteiger partial charge on any atom is -0.465 e. The van der Waals surface area contributed by atoms with Crippen LogP contribution in [0.4, 0.5) is 4.39 Å². The molecule has 0 aliphatic rings. The monoisotopic (exact) mass is 316 g/mol. The third kappa shape index (κ3) is 2.84. The van der Waals surface area contributed by atoms with E-state index in [1.54, 1.807) is 0 Å². The summed E-state index contributed by atoms with van der Waals surface area (Å²) in [5.74, 6) is -1.76. The van der Waals surface area contributed by atoms with Gasteiger partial charge in [-0.15, -0.1) is 0 Å². The third-order valence-corrected chi connectivity index (χ3v) is 3.02. The first kappa shape index (κ1) is 14.6. The Bertz CT molecular complexity index is 671. The number of aromatic nitrogens is 1. The van der Waals surface area contributed by atoms with Crippen molar-refractivity contribution in [2.75, 3.05) is 7.11 Å². The average molecular weight is 317 g/mol. The van der Waals surface area contributed by atoms with Crippen LogP contribution in [0.25, 0.3) is 11.3 Å². The van der Waals surface area contributed by atoms with Crippen LogP contribution in [0.15, 0.2) is 30.5 Å². The van der Waals surface area contributed by atoms with Crippen molar-refractivity contribution >= 4 is 29.2 Å². The molecule has 0 atom stereocenters. The molecular formula is C13H9Cl2FNO3+. The fourth-order valence-electron chi connectivity index (χ4n) is 1.70. The van der Waals surface area contributed by atoms with Gasteiger partial charge < -0.3 is 4.74 Å². The SMILES string of the molecule is COC(=O)c1cc(-c2cc(Cl)cc(Cl)c2)[n+](O)cc1F. The number of pyridine rings is 1. The van der Waals surface area contributed by atoms with Crippen molar-refractivity contribution in [2.24, 2.45) is 0 Å². The topological polar surface area (TPSA) is 50.4 Å². The van der Waals surface area contributed by atoms with Crippen molar-refractivity contribution in [3.8, 4) is 11.3 Å². The molecule has 2 aromatic rings. The van der Waals surface area contributed by atoms with Gasteiger partial charge in [-0.05, 0) is 18.2 Å². The van der Waals surface area contributed by atoms with Crippen LogP contribution < -0.4 is 4.73 Å². The summed E-state index contributed by atoms with van der Waals surface area (Å²) in [5.41, 5.74) is 0.273. The molecule has 0 amide bonds. The average Bonchev–Trinajstić information content (AvgIpc) is 2.36. The molecule has 0 bridgehead atoms. The molecule has 0 saturated carbocycles. The second kappa shape index (κ2) is 5.64. The van der Waals surface area contributed by atoms with Crippen molar-refractivity contribution in [1.82, 2.24) is 0 Å². The van der Waals surface area contributed by atoms with E-state index in [4.69, 9.17) is 23.2 Å². The molecule has 2 rings (SSSR count). The highest BCUT2D eigenvalue weighted by molar-refractivity contribution is 6.35. The lowest BCUT2D eigenvalue weighted by Gasteiger charge is -2.03. The molecule has 7 heteroatoms. The fourth-order valence-corrected chi connectivity index (χ4v) is 2.23. The Morgan fingerprint density at radius 1 is 1.25 bits per heavy atom. The first-order valence-electron chi connectivity index (χ1n) is 5.41. The lowest BCUT2D eigenvalue weighted by atomic mass is 10.1. The lowest BCUT2D eigenvalue weighted by Crippen LogP contribution is -2.34. The molecule has 0 aliphatic heterocycles. The number of rotatable bonds is 2. The van der Waals surface area contributed by atoms with E-state index in [1.165, 1.54) is 18.2 Å². The molecule has 0 saturated heterocycles. The van der Waals surface area contributed by atoms with Gasteiger partial charge in [0.05, 0.1) is 12.7 Å². The predicted molar refractivity (Wildman–Crippen MR) is 70.6 cm³/mol. The molecule has 1 N–H and O–H groups in total. The Balaban J connectivity index is 2.64. The van der Waals surface area contributed by atoms with Crippen molar-refractivity contribution in [3.63, 3.8) is 0 Å². The van der Waals surface area contributed by atoms with Crippen LogP contribution in [-0.2, 0) is 4.74 Å². The normalized spacial score (nSPS) is 10.4. The van der Waals surface area contributed by atoms with Gasteiger partial charge in [0.1, 0.15) is 5.56 Å². The molecule has 0 spiro atoms. The third-order valence-electron chi connectivity index (χ3n) is 2.58. The predicted octanol–water partition coefficient (Wildman–Crippen LogP) is 3.11. The van der Waals surface area contributed by atoms with Gasteiger partial charge in [0.2, 0.25) is 5.82 Å². The number of hydrogen-bond donors (Lipinski definition) is 1. The van der Waals surface area contributed by atoms with Gasteiger partial charge in [0.25, 0.3) is 11.9 Å². The zero-order valence-electron chi connectivity index (χ0n) is 10.2. The van der Waals surface area contributed by atoms with E-state index in [1.807, 2.05) is 0 Å². The summed E-state index contributed by atoms with van der Waals surface area (Å²) in [5, 5.41) is 10.4. The minimum absolute atomic E-state index is 0.149. The van der Waals surface area contributed by atoms with Gasteiger partial charge >= 0.3 is 5.97 Å². The Hall–Kier alpha value is -1.85. The van der Waals surface area contributed by atoms with Gasteiger partial charge in [-0.25, -0.2) is 4.79 Å². The first-order valence-corrected chi connectivity index (χ1v) is 6.17. The van der Waals surface area contributed by atoms with Gasteiger partial charge in [-0.1, -0.05) is 23.2 Å². The van der Waals surface area contributed by atoms with E-state index >= 15 is 0 Å². The zero-order chi connectivity index (χ0) is 14.9. The van der Waals surface area contributed by atoms with Crippen LogP contribution in [0.5, 0.6) is 0 Å². The number of esters is 1. The lowest BCUT2D eigenvalue weighted by molar-refractivity contribution is -0.897. The summed E-state index contributed by atoms with van der Waals surface area (Å²) in [6, 6.07) is 5.71. The van der Waals surface area contributed by atoms with Crippen LogP contribution >= 0.6 is 23.2 Å². The Kier molecular flexibility index (Phi) is 4.11. The largest absolute Gasteiger partial charge is 0.465 e. The maximum atomic E-state index is 13.6. The summed E-state index contributed by atoms with van der Waals surface area (Å²) in [6.07, 6.45) is 0.760. The van der Waals surface area contributed by atoms with Crippen LogP contribution in [0.3, 0.4) is 0 Å². The van der Waals surface area contributed by atoms with E-state index < -0.39 is 11.8 Å². The van der Waals surface area contributed by atoms with Crippen molar-refractivity contribution in [3.05, 3.63) is 51.9 Å². The number of ether oxygens (including phenoxy) is 1. The molecule has 0 aliphatic carbocycles. The highest BCUT2D eigenvalue weighted by Gasteiger charge is 2.23. The van der Waals surface area contributed by atoms with Crippen LogP contribution in [-0.4, -0.2) is 18.3 Å². The van der Waals surface area contributed by atoms with Crippen LogP contribution in [0.1, 0.15) is 10.4 Å². The van der Waals surface area contributed by atoms with E-state index in [0.717, 1.165) is 19.4 Å². The van der Waals surface area contributed by atoms with E-state index in [2.05, 4.69) is 4.74 Å². The molecule has 0 unspecified atom stereocenters. The summed E-state index contributed by atoms with van der Waals surface area (Å²) >= 11 is 11.7. The number of hydrogen-bond acceptors (Lipinski definition) is 3. The number of halogens is 3. The Morgan fingerprint density at radius 2 is 1.85 bits per heavy atom. The smallest absolute Gasteiger partial charge is 0.341 e. The van der Waals surface area contributed by atoms with Gasteiger partial charge in [-0.2, -0.15) is 4.39 Å². The molecule has 1 heterocycles. The van der Waals surface area contributed by atoms with E-state index in [9.17, 15) is 14.4 Å². The molecule has 1 aromatic heterocycles. The van der Waals surface area contributed by atoms with E-state index in [0.29, 0.717) is 20.3 Å². The summed E-state index contributed by atoms with van der Waals surface area (Å²) in [7, 11) is 1.14. The first-order chi connectivity index (χ1) is 9.42. The number of methoxy groups -OCH3 is 1. The summed E-state index contributed by atoms with van der Waals surface area (Å²) in [6.45, 7) is 0. The summed E-state index contributed by atoms with van der Waals surface area (Å²) in [4.78, 5) is 11.5. The fraction of sp³-hybridized carbons (Fsp3) is 0.0769. The van der Waals surface area contributed by atoms with E-state index in [-0.39, 0.29) is 11.3 Å². The second-order valence-electron chi connectivity index (χ2n) is 3.91. The van der Waals surface area contributed by atoms with Crippen LogP contribution in [0, 0.1) is 5.82 Å². The highest BCUT2D eigenvalue weighted by atomic mass is 35.5.